The summed E-state index contributed by atoms with van der Waals surface area (Å²) in [5.41, 5.74) is 20.7. The van der Waals surface area contributed by atoms with Gasteiger partial charge in [-0.15, -0.1) is 0 Å². The number of rotatable bonds is 10. The highest BCUT2D eigenvalue weighted by molar-refractivity contribution is 6.16. The van der Waals surface area contributed by atoms with Gasteiger partial charge < -0.3 is 9.47 Å². The van der Waals surface area contributed by atoms with E-state index in [-0.39, 0.29) is 0 Å². The van der Waals surface area contributed by atoms with Crippen molar-refractivity contribution in [1.82, 2.24) is 4.57 Å². The largest absolute Gasteiger partial charge is 0.310 e. The molecule has 0 N–H and O–H groups in total. The number of hydrogen-bond donors (Lipinski definition) is 0. The van der Waals surface area contributed by atoms with Crippen LogP contribution in [0.4, 0.5) is 17.1 Å². The Kier molecular flexibility index (Phi) is 10.6. The number of nitrogens with zero attached hydrogens (tertiary/aromatic N) is 2. The lowest BCUT2D eigenvalue weighted by atomic mass is 9.88. The molecule has 2 heteroatoms. The number of benzene rings is 11. The number of aromatic nitrogens is 1. The van der Waals surface area contributed by atoms with Gasteiger partial charge in [-0.25, -0.2) is 0 Å². The van der Waals surface area contributed by atoms with Crippen LogP contribution in [0.5, 0.6) is 0 Å². The zero-order chi connectivity index (χ0) is 45.2. The first-order valence-electron chi connectivity index (χ1n) is 23.3. The maximum atomic E-state index is 2.48. The van der Waals surface area contributed by atoms with Crippen LogP contribution in [0.3, 0.4) is 0 Å². The Morgan fingerprint density at radius 2 is 0.691 bits per heavy atom. The van der Waals surface area contributed by atoms with E-state index in [2.05, 4.69) is 289 Å². The van der Waals surface area contributed by atoms with Crippen molar-refractivity contribution in [2.24, 2.45) is 0 Å². The summed E-state index contributed by atoms with van der Waals surface area (Å²) in [5, 5.41) is 2.46. The van der Waals surface area contributed by atoms with Crippen LogP contribution in [0.1, 0.15) is 0 Å². The fourth-order valence-electron chi connectivity index (χ4n) is 10.1. The summed E-state index contributed by atoms with van der Waals surface area (Å²) < 4.78 is 2.40. The third-order valence-electron chi connectivity index (χ3n) is 13.2. The first kappa shape index (κ1) is 40.5. The van der Waals surface area contributed by atoms with Crippen molar-refractivity contribution in [2.75, 3.05) is 4.90 Å². The molecule has 12 rings (SSSR count). The zero-order valence-electron chi connectivity index (χ0n) is 37.5. The van der Waals surface area contributed by atoms with Crippen LogP contribution >= 0.6 is 0 Å². The van der Waals surface area contributed by atoms with Gasteiger partial charge in [0.15, 0.2) is 0 Å². The molecule has 0 unspecified atom stereocenters. The zero-order valence-corrected chi connectivity index (χ0v) is 37.5. The molecule has 0 amide bonds. The molecule has 0 saturated carbocycles. The maximum Gasteiger partial charge on any atom is 0.0547 e. The Hall–Kier alpha value is -8.98. The summed E-state index contributed by atoms with van der Waals surface area (Å²) >= 11 is 0. The van der Waals surface area contributed by atoms with Crippen molar-refractivity contribution in [2.45, 2.75) is 0 Å². The Labute approximate surface area is 397 Å². The van der Waals surface area contributed by atoms with Gasteiger partial charge in [-0.2, -0.15) is 0 Å². The molecule has 320 valence electrons. The second-order valence-corrected chi connectivity index (χ2v) is 17.2. The molecule has 11 aromatic carbocycles. The van der Waals surface area contributed by atoms with E-state index in [9.17, 15) is 0 Å². The molecule has 1 aromatic heterocycles. The Balaban J connectivity index is 1.11. The molecule has 12 aromatic rings. The third kappa shape index (κ3) is 7.45. The van der Waals surface area contributed by atoms with E-state index in [0.29, 0.717) is 0 Å². The molecule has 0 aliphatic rings. The van der Waals surface area contributed by atoms with Gasteiger partial charge in [0.2, 0.25) is 0 Å². The summed E-state index contributed by atoms with van der Waals surface area (Å²) in [7, 11) is 0. The molecule has 0 spiro atoms. The van der Waals surface area contributed by atoms with E-state index >= 15 is 0 Å². The minimum Gasteiger partial charge on any atom is -0.310 e. The van der Waals surface area contributed by atoms with Crippen LogP contribution < -0.4 is 4.90 Å². The summed E-state index contributed by atoms with van der Waals surface area (Å²) in [6.07, 6.45) is 0. The number of anilines is 3. The van der Waals surface area contributed by atoms with Crippen LogP contribution in [0.15, 0.2) is 279 Å². The van der Waals surface area contributed by atoms with Gasteiger partial charge >= 0.3 is 0 Å². The SMILES string of the molecule is c1ccc(-c2cc(-c3ccccc3)cc(N(c3cccc(-c4cccc5c4c4ccccc4n5-c4ccccc4)c3)c3ccccc3-c3ccccc3-c3ccccc3-c3ccccc3)c2)cc1. The van der Waals surface area contributed by atoms with Crippen LogP contribution in [0.2, 0.25) is 0 Å². The van der Waals surface area contributed by atoms with Gasteiger partial charge in [-0.05, 0) is 122 Å². The van der Waals surface area contributed by atoms with Crippen molar-refractivity contribution < 1.29 is 0 Å². The highest BCUT2D eigenvalue weighted by atomic mass is 15.1. The summed E-state index contributed by atoms with van der Waals surface area (Å²) in [5.74, 6) is 0. The summed E-state index contributed by atoms with van der Waals surface area (Å²) in [6, 6.07) is 101. The van der Waals surface area contributed by atoms with Gasteiger partial charge in [-0.3, -0.25) is 0 Å². The molecule has 0 aliphatic carbocycles. The average Bonchev–Trinajstić information content (AvgIpc) is 3.77. The van der Waals surface area contributed by atoms with E-state index in [1.165, 1.54) is 49.6 Å². The first-order chi connectivity index (χ1) is 33.8. The van der Waals surface area contributed by atoms with E-state index in [1.807, 2.05) is 0 Å². The molecule has 0 atom stereocenters. The normalized spacial score (nSPS) is 11.2. The number of para-hydroxylation sites is 3. The van der Waals surface area contributed by atoms with Gasteiger partial charge in [0, 0.05) is 33.4 Å². The standard InChI is InChI=1S/C66H46N2/c1-5-23-47(24-6-1)51-43-52(48-25-7-2-8-26-48)46-55(45-51)67(63-40-19-17-37-61(63)60-36-16-15-35-59(60)58-34-14-13-33-56(58)49-27-9-3-10-28-49)54-32-21-29-50(44-54)57-39-22-42-65-66(57)62-38-18-20-41-64(62)68(65)53-30-11-4-12-31-53/h1-46H. The fourth-order valence-corrected chi connectivity index (χ4v) is 10.1. The molecule has 0 radical (unpaired) electrons. The van der Waals surface area contributed by atoms with Crippen LogP contribution in [-0.4, -0.2) is 4.57 Å². The maximum absolute atomic E-state index is 2.48. The third-order valence-corrected chi connectivity index (χ3v) is 13.2. The smallest absolute Gasteiger partial charge is 0.0547 e. The first-order valence-corrected chi connectivity index (χ1v) is 23.3. The molecule has 68 heavy (non-hydrogen) atoms. The molecule has 2 nitrogen and oxygen atoms in total. The minimum absolute atomic E-state index is 1.06. The highest BCUT2D eigenvalue weighted by Crippen LogP contribution is 2.48. The summed E-state index contributed by atoms with van der Waals surface area (Å²) in [4.78, 5) is 2.48. The van der Waals surface area contributed by atoms with E-state index < -0.39 is 0 Å². The lowest BCUT2D eigenvalue weighted by Gasteiger charge is -2.30. The van der Waals surface area contributed by atoms with Gasteiger partial charge in [-0.1, -0.05) is 218 Å². The molecule has 0 fully saturated rings. The fraction of sp³-hybridized carbons (Fsp3) is 0. The van der Waals surface area contributed by atoms with Gasteiger partial charge in [0.05, 0.1) is 16.7 Å². The second-order valence-electron chi connectivity index (χ2n) is 17.2. The predicted octanol–water partition coefficient (Wildman–Crippen LogP) is 18.3. The lowest BCUT2D eigenvalue weighted by molar-refractivity contribution is 1.18. The Bertz CT molecular complexity index is 3660. The average molecular weight is 867 g/mol. The molecule has 0 bridgehead atoms. The number of fused-ring (bicyclic) bond motifs is 3. The molecule has 1 heterocycles. The van der Waals surface area contributed by atoms with Crippen molar-refractivity contribution in [3.05, 3.63) is 279 Å². The van der Waals surface area contributed by atoms with Gasteiger partial charge in [0.25, 0.3) is 0 Å². The minimum atomic E-state index is 1.06. The molecular formula is C66H46N2. The topological polar surface area (TPSA) is 8.17 Å². The van der Waals surface area contributed by atoms with E-state index in [1.54, 1.807) is 0 Å². The van der Waals surface area contributed by atoms with Gasteiger partial charge in [0.1, 0.15) is 0 Å². The Morgan fingerprint density at radius 1 is 0.250 bits per heavy atom. The predicted molar refractivity (Wildman–Crippen MR) is 288 cm³/mol. The molecular weight excluding hydrogens is 821 g/mol. The Morgan fingerprint density at radius 3 is 1.35 bits per heavy atom. The van der Waals surface area contributed by atoms with Crippen molar-refractivity contribution in [1.29, 1.82) is 0 Å². The van der Waals surface area contributed by atoms with Crippen molar-refractivity contribution in [3.63, 3.8) is 0 Å². The van der Waals surface area contributed by atoms with E-state index in [4.69, 9.17) is 0 Å². The monoisotopic (exact) mass is 866 g/mol. The quantitative estimate of drug-likeness (QED) is 0.133. The summed E-state index contributed by atoms with van der Waals surface area (Å²) in [6.45, 7) is 0. The molecule has 0 aliphatic heterocycles. The van der Waals surface area contributed by atoms with E-state index in [0.717, 1.165) is 61.7 Å². The lowest BCUT2D eigenvalue weighted by Crippen LogP contribution is -2.12. The van der Waals surface area contributed by atoms with Crippen molar-refractivity contribution >= 4 is 38.9 Å². The van der Waals surface area contributed by atoms with Crippen LogP contribution in [0.25, 0.3) is 94.3 Å². The van der Waals surface area contributed by atoms with Crippen molar-refractivity contribution in [3.8, 4) is 72.4 Å². The second kappa shape index (κ2) is 17.8. The number of hydrogen-bond acceptors (Lipinski definition) is 1. The highest BCUT2D eigenvalue weighted by Gasteiger charge is 2.23. The molecule has 0 saturated heterocycles. The van der Waals surface area contributed by atoms with Crippen LogP contribution in [-0.2, 0) is 0 Å². The van der Waals surface area contributed by atoms with Crippen LogP contribution in [0, 0.1) is 0 Å².